The van der Waals surface area contributed by atoms with E-state index in [4.69, 9.17) is 0 Å². The van der Waals surface area contributed by atoms with Crippen LogP contribution in [0.25, 0.3) is 0 Å². The van der Waals surface area contributed by atoms with Crippen molar-refractivity contribution in [3.05, 3.63) is 94.6 Å². The van der Waals surface area contributed by atoms with Crippen LogP contribution in [0.2, 0.25) is 0 Å². The van der Waals surface area contributed by atoms with Crippen molar-refractivity contribution in [2.24, 2.45) is 0 Å². The molecule has 4 rings (SSSR count). The van der Waals surface area contributed by atoms with Crippen LogP contribution in [0.15, 0.2) is 83.5 Å². The molecule has 3 aromatic rings. The third-order valence-corrected chi connectivity index (χ3v) is 6.06. The van der Waals surface area contributed by atoms with Crippen molar-refractivity contribution in [2.75, 3.05) is 37.6 Å². The van der Waals surface area contributed by atoms with Crippen molar-refractivity contribution in [1.82, 2.24) is 15.2 Å². The van der Waals surface area contributed by atoms with Crippen LogP contribution < -0.4 is 10.2 Å². The fraction of sp³-hybridized carbons (Fsp3) is 0.280. The fourth-order valence-corrected chi connectivity index (χ4v) is 4.16. The van der Waals surface area contributed by atoms with E-state index in [-0.39, 0.29) is 11.9 Å². The SMILES string of the molecule is O=C(CN1CCN(c2ccc(Br)cn2)CC1)NC(Cc1ccccc1)c1ccccc1. The molecule has 160 valence electrons. The molecule has 1 aliphatic heterocycles. The van der Waals surface area contributed by atoms with E-state index in [1.54, 1.807) is 0 Å². The van der Waals surface area contributed by atoms with E-state index in [1.165, 1.54) is 5.56 Å². The average Bonchev–Trinajstić information content (AvgIpc) is 2.81. The van der Waals surface area contributed by atoms with Gasteiger partial charge < -0.3 is 10.2 Å². The lowest BCUT2D eigenvalue weighted by Gasteiger charge is -2.35. The second kappa shape index (κ2) is 10.6. The zero-order valence-corrected chi connectivity index (χ0v) is 19.0. The summed E-state index contributed by atoms with van der Waals surface area (Å²) in [6.07, 6.45) is 2.60. The van der Waals surface area contributed by atoms with Gasteiger partial charge in [0.25, 0.3) is 0 Å². The van der Waals surface area contributed by atoms with E-state index in [1.807, 2.05) is 54.7 Å². The van der Waals surface area contributed by atoms with Gasteiger partial charge in [0.05, 0.1) is 12.6 Å². The third kappa shape index (κ3) is 6.15. The highest BCUT2D eigenvalue weighted by Gasteiger charge is 2.22. The number of amides is 1. The van der Waals surface area contributed by atoms with Crippen molar-refractivity contribution in [3.8, 4) is 0 Å². The molecular formula is C25H27BrN4O. The summed E-state index contributed by atoms with van der Waals surface area (Å²) in [5.41, 5.74) is 2.35. The number of pyridine rings is 1. The molecule has 1 aromatic heterocycles. The first-order valence-electron chi connectivity index (χ1n) is 10.6. The Morgan fingerprint density at radius 2 is 1.61 bits per heavy atom. The Kier molecular flexibility index (Phi) is 7.33. The highest BCUT2D eigenvalue weighted by atomic mass is 79.9. The van der Waals surface area contributed by atoms with Gasteiger partial charge >= 0.3 is 0 Å². The molecule has 1 atom stereocenters. The number of nitrogens with one attached hydrogen (secondary N) is 1. The molecule has 2 heterocycles. The molecular weight excluding hydrogens is 452 g/mol. The molecule has 0 spiro atoms. The molecule has 0 saturated carbocycles. The van der Waals surface area contributed by atoms with Crippen molar-refractivity contribution < 1.29 is 4.79 Å². The van der Waals surface area contributed by atoms with E-state index < -0.39 is 0 Å². The van der Waals surface area contributed by atoms with Gasteiger partial charge in [0.15, 0.2) is 0 Å². The van der Waals surface area contributed by atoms with Crippen LogP contribution in [0.5, 0.6) is 0 Å². The molecule has 1 saturated heterocycles. The van der Waals surface area contributed by atoms with Crippen molar-refractivity contribution in [3.63, 3.8) is 0 Å². The zero-order chi connectivity index (χ0) is 21.5. The van der Waals surface area contributed by atoms with Crippen LogP contribution in [0.1, 0.15) is 17.2 Å². The first-order chi connectivity index (χ1) is 15.2. The first kappa shape index (κ1) is 21.5. The Labute approximate surface area is 192 Å². The largest absolute Gasteiger partial charge is 0.354 e. The maximum atomic E-state index is 12.9. The second-order valence-electron chi connectivity index (χ2n) is 7.82. The molecule has 2 aromatic carbocycles. The third-order valence-electron chi connectivity index (χ3n) is 5.60. The molecule has 1 aliphatic rings. The molecule has 0 aliphatic carbocycles. The van der Waals surface area contributed by atoms with Gasteiger partial charge in [-0.2, -0.15) is 0 Å². The normalized spacial score (nSPS) is 15.5. The molecule has 1 unspecified atom stereocenters. The Morgan fingerprint density at radius 1 is 0.935 bits per heavy atom. The summed E-state index contributed by atoms with van der Waals surface area (Å²) >= 11 is 3.43. The summed E-state index contributed by atoms with van der Waals surface area (Å²) in [6.45, 7) is 3.85. The van der Waals surface area contributed by atoms with Gasteiger partial charge in [0, 0.05) is 36.8 Å². The van der Waals surface area contributed by atoms with Gasteiger partial charge in [-0.1, -0.05) is 60.7 Å². The summed E-state index contributed by atoms with van der Waals surface area (Å²) in [5.74, 6) is 1.05. The number of anilines is 1. The van der Waals surface area contributed by atoms with Crippen LogP contribution in [-0.4, -0.2) is 48.5 Å². The van der Waals surface area contributed by atoms with Gasteiger partial charge in [-0.3, -0.25) is 9.69 Å². The average molecular weight is 479 g/mol. The van der Waals surface area contributed by atoms with Crippen LogP contribution in [0.3, 0.4) is 0 Å². The molecule has 0 radical (unpaired) electrons. The molecule has 1 amide bonds. The van der Waals surface area contributed by atoms with Gasteiger partial charge in [-0.25, -0.2) is 4.98 Å². The van der Waals surface area contributed by atoms with Crippen LogP contribution in [-0.2, 0) is 11.2 Å². The number of hydrogen-bond acceptors (Lipinski definition) is 4. The Bertz CT molecular complexity index is 958. The quantitative estimate of drug-likeness (QED) is 0.555. The highest BCUT2D eigenvalue weighted by molar-refractivity contribution is 9.10. The van der Waals surface area contributed by atoms with Gasteiger partial charge in [0.1, 0.15) is 5.82 Å². The van der Waals surface area contributed by atoms with Crippen LogP contribution >= 0.6 is 15.9 Å². The van der Waals surface area contributed by atoms with Crippen LogP contribution in [0, 0.1) is 0 Å². The Morgan fingerprint density at radius 3 is 2.26 bits per heavy atom. The number of benzene rings is 2. The minimum Gasteiger partial charge on any atom is -0.354 e. The number of piperazine rings is 1. The first-order valence-corrected chi connectivity index (χ1v) is 11.4. The lowest BCUT2D eigenvalue weighted by atomic mass is 9.99. The predicted molar refractivity (Wildman–Crippen MR) is 128 cm³/mol. The molecule has 31 heavy (non-hydrogen) atoms. The standard InChI is InChI=1S/C25H27BrN4O/c26-22-11-12-24(27-18-22)30-15-13-29(14-16-30)19-25(31)28-23(21-9-5-2-6-10-21)17-20-7-3-1-4-8-20/h1-12,18,23H,13-17,19H2,(H,28,31). The van der Waals surface area contributed by atoms with E-state index >= 15 is 0 Å². The predicted octanol–water partition coefficient (Wildman–Crippen LogP) is 4.07. The van der Waals surface area contributed by atoms with E-state index in [2.05, 4.69) is 60.3 Å². The number of rotatable bonds is 7. The molecule has 5 nitrogen and oxygen atoms in total. The molecule has 0 bridgehead atoms. The summed E-state index contributed by atoms with van der Waals surface area (Å²) in [6, 6.07) is 24.5. The van der Waals surface area contributed by atoms with E-state index in [0.29, 0.717) is 6.54 Å². The number of nitrogens with zero attached hydrogens (tertiary/aromatic N) is 3. The lowest BCUT2D eigenvalue weighted by molar-refractivity contribution is -0.123. The Hall–Kier alpha value is -2.70. The number of aromatic nitrogens is 1. The number of carbonyl (C=O) groups excluding carboxylic acids is 1. The molecule has 1 fully saturated rings. The Balaban J connectivity index is 1.33. The van der Waals surface area contributed by atoms with Crippen molar-refractivity contribution in [1.29, 1.82) is 0 Å². The van der Waals surface area contributed by atoms with Crippen molar-refractivity contribution >= 4 is 27.7 Å². The maximum Gasteiger partial charge on any atom is 0.234 e. The highest BCUT2D eigenvalue weighted by Crippen LogP contribution is 2.19. The minimum atomic E-state index is -0.0376. The number of halogens is 1. The fourth-order valence-electron chi connectivity index (χ4n) is 3.92. The monoisotopic (exact) mass is 478 g/mol. The van der Waals surface area contributed by atoms with E-state index in [0.717, 1.165) is 48.5 Å². The van der Waals surface area contributed by atoms with Gasteiger partial charge in [-0.05, 0) is 45.6 Å². The van der Waals surface area contributed by atoms with E-state index in [9.17, 15) is 4.79 Å². The zero-order valence-electron chi connectivity index (χ0n) is 17.5. The number of hydrogen-bond donors (Lipinski definition) is 1. The van der Waals surface area contributed by atoms with Gasteiger partial charge in [0.2, 0.25) is 5.91 Å². The summed E-state index contributed by atoms with van der Waals surface area (Å²) < 4.78 is 0.982. The maximum absolute atomic E-state index is 12.9. The summed E-state index contributed by atoms with van der Waals surface area (Å²) in [4.78, 5) is 21.9. The summed E-state index contributed by atoms with van der Waals surface area (Å²) in [7, 11) is 0. The topological polar surface area (TPSA) is 48.5 Å². The van der Waals surface area contributed by atoms with Crippen molar-refractivity contribution in [2.45, 2.75) is 12.5 Å². The second-order valence-corrected chi connectivity index (χ2v) is 8.73. The molecule has 6 heteroatoms. The number of carbonyl (C=O) groups is 1. The van der Waals surface area contributed by atoms with Gasteiger partial charge in [-0.15, -0.1) is 0 Å². The lowest BCUT2D eigenvalue weighted by Crippen LogP contribution is -2.50. The van der Waals surface area contributed by atoms with Crippen LogP contribution in [0.4, 0.5) is 5.82 Å². The smallest absolute Gasteiger partial charge is 0.234 e. The summed E-state index contributed by atoms with van der Waals surface area (Å²) in [5, 5.41) is 3.27. The molecule has 1 N–H and O–H groups in total. The minimum absolute atomic E-state index is 0.0376.